The maximum absolute atomic E-state index is 12.0. The Hall–Kier alpha value is -1.79. The number of ether oxygens (including phenoxy) is 2. The average molecular weight is 244 g/mol. The lowest BCUT2D eigenvalue weighted by Gasteiger charge is -2.35. The Balaban J connectivity index is 2.61. The third-order valence-electron chi connectivity index (χ3n) is 2.64. The van der Waals surface area contributed by atoms with Crippen LogP contribution in [0.25, 0.3) is 0 Å². The van der Waals surface area contributed by atoms with Gasteiger partial charge in [0.2, 0.25) is 5.91 Å². The summed E-state index contributed by atoms with van der Waals surface area (Å²) >= 11 is 0. The number of nitrogens with one attached hydrogen (secondary N) is 1. The summed E-state index contributed by atoms with van der Waals surface area (Å²) in [5, 5.41) is 2.45. The number of amides is 2. The van der Waals surface area contributed by atoms with E-state index in [-0.39, 0.29) is 5.91 Å². The Bertz CT molecular complexity index is 307. The van der Waals surface area contributed by atoms with Crippen LogP contribution in [0.3, 0.4) is 0 Å². The molecule has 7 heteroatoms. The number of nitrogens with zero attached hydrogens (tertiary/aromatic N) is 1. The van der Waals surface area contributed by atoms with E-state index in [1.165, 1.54) is 12.0 Å². The van der Waals surface area contributed by atoms with Crippen LogP contribution in [0.1, 0.15) is 19.8 Å². The van der Waals surface area contributed by atoms with Crippen molar-refractivity contribution in [3.8, 4) is 0 Å². The summed E-state index contributed by atoms with van der Waals surface area (Å²) in [5.41, 5.74) is 0. The number of carbonyl (C=O) groups excluding carboxylic acids is 3. The summed E-state index contributed by atoms with van der Waals surface area (Å²) in [4.78, 5) is 34.6. The van der Waals surface area contributed by atoms with Gasteiger partial charge in [-0.3, -0.25) is 9.59 Å². The van der Waals surface area contributed by atoms with E-state index >= 15 is 0 Å². The lowest BCUT2D eigenvalue weighted by atomic mass is 10.0. The molecule has 2 amide bonds. The highest BCUT2D eigenvalue weighted by atomic mass is 16.5. The first-order chi connectivity index (χ1) is 8.10. The zero-order chi connectivity index (χ0) is 12.8. The lowest BCUT2D eigenvalue weighted by Crippen LogP contribution is -2.55. The van der Waals surface area contributed by atoms with Gasteiger partial charge in [0.05, 0.1) is 7.11 Å². The van der Waals surface area contributed by atoms with Gasteiger partial charge in [-0.25, -0.2) is 4.79 Å². The molecule has 0 aromatic heterocycles. The van der Waals surface area contributed by atoms with Gasteiger partial charge in [0, 0.05) is 6.54 Å². The van der Waals surface area contributed by atoms with E-state index in [4.69, 9.17) is 4.74 Å². The molecule has 0 aliphatic carbocycles. The molecule has 2 atom stereocenters. The number of hydrogen-bond donors (Lipinski definition) is 1. The van der Waals surface area contributed by atoms with Crippen LogP contribution in [-0.4, -0.2) is 49.3 Å². The van der Waals surface area contributed by atoms with Gasteiger partial charge < -0.3 is 19.7 Å². The fourth-order valence-corrected chi connectivity index (χ4v) is 1.75. The SMILES string of the molecule is COC(=O)N[C@@H]1CCCN([C@@H](C)OC=O)C1=O. The lowest BCUT2D eigenvalue weighted by molar-refractivity contribution is -0.156. The first-order valence-corrected chi connectivity index (χ1v) is 5.34. The Morgan fingerprint density at radius 2 is 2.35 bits per heavy atom. The minimum absolute atomic E-state index is 0.268. The molecule has 0 unspecified atom stereocenters. The van der Waals surface area contributed by atoms with Gasteiger partial charge in [-0.2, -0.15) is 0 Å². The topological polar surface area (TPSA) is 84.9 Å². The second-order valence-corrected chi connectivity index (χ2v) is 3.69. The molecule has 1 aliphatic heterocycles. The van der Waals surface area contributed by atoms with Gasteiger partial charge in [-0.15, -0.1) is 0 Å². The maximum atomic E-state index is 12.0. The third-order valence-corrected chi connectivity index (χ3v) is 2.64. The monoisotopic (exact) mass is 244 g/mol. The molecule has 96 valence electrons. The van der Waals surface area contributed by atoms with E-state index in [2.05, 4.69) is 10.1 Å². The van der Waals surface area contributed by atoms with Crippen molar-refractivity contribution >= 4 is 18.5 Å². The molecule has 1 aliphatic rings. The normalized spacial score (nSPS) is 21.6. The molecule has 17 heavy (non-hydrogen) atoms. The summed E-state index contributed by atoms with van der Waals surface area (Å²) in [6.07, 6.45) is 0.0157. The van der Waals surface area contributed by atoms with E-state index in [0.717, 1.165) is 6.42 Å². The van der Waals surface area contributed by atoms with Crippen molar-refractivity contribution in [3.63, 3.8) is 0 Å². The van der Waals surface area contributed by atoms with Crippen LogP contribution in [0.5, 0.6) is 0 Å². The fourth-order valence-electron chi connectivity index (χ4n) is 1.75. The molecule has 0 spiro atoms. The minimum Gasteiger partial charge on any atom is -0.453 e. The average Bonchev–Trinajstić information content (AvgIpc) is 2.32. The zero-order valence-electron chi connectivity index (χ0n) is 9.84. The van der Waals surface area contributed by atoms with Crippen LogP contribution in [0.15, 0.2) is 0 Å². The molecule has 0 aromatic carbocycles. The predicted molar refractivity (Wildman–Crippen MR) is 56.9 cm³/mol. The smallest absolute Gasteiger partial charge is 0.407 e. The molecule has 7 nitrogen and oxygen atoms in total. The first-order valence-electron chi connectivity index (χ1n) is 5.34. The van der Waals surface area contributed by atoms with E-state index in [1.54, 1.807) is 6.92 Å². The number of methoxy groups -OCH3 is 1. The molecule has 1 fully saturated rings. The highest BCUT2D eigenvalue weighted by molar-refractivity contribution is 5.86. The van der Waals surface area contributed by atoms with E-state index in [0.29, 0.717) is 19.4 Å². The minimum atomic E-state index is -0.644. The van der Waals surface area contributed by atoms with Crippen molar-refractivity contribution in [2.45, 2.75) is 32.0 Å². The standard InChI is InChI=1S/C10H16N2O5/c1-7(17-6-13)12-5-3-4-8(9(12)14)11-10(15)16-2/h6-8H,3-5H2,1-2H3,(H,11,15)/t7-,8-/m1/s1. The molecular weight excluding hydrogens is 228 g/mol. The summed E-state index contributed by atoms with van der Waals surface area (Å²) in [7, 11) is 1.23. The molecule has 1 N–H and O–H groups in total. The number of likely N-dealkylation sites (tertiary alicyclic amines) is 1. The number of rotatable bonds is 4. The Labute approximate surface area is 99.0 Å². The quantitative estimate of drug-likeness (QED) is 0.695. The van der Waals surface area contributed by atoms with Crippen LogP contribution in [0.2, 0.25) is 0 Å². The van der Waals surface area contributed by atoms with Crippen LogP contribution in [0, 0.1) is 0 Å². The predicted octanol–water partition coefficient (Wildman–Crippen LogP) is -0.148. The summed E-state index contributed by atoms with van der Waals surface area (Å²) in [6.45, 7) is 2.41. The molecule has 1 rings (SSSR count). The van der Waals surface area contributed by atoms with Crippen molar-refractivity contribution < 1.29 is 23.9 Å². The Morgan fingerprint density at radius 1 is 1.65 bits per heavy atom. The molecule has 0 radical (unpaired) electrons. The van der Waals surface area contributed by atoms with Gasteiger partial charge in [0.1, 0.15) is 6.04 Å². The second kappa shape index (κ2) is 6.07. The highest BCUT2D eigenvalue weighted by Gasteiger charge is 2.33. The summed E-state index contributed by atoms with van der Waals surface area (Å²) in [5.74, 6) is -0.268. The van der Waals surface area contributed by atoms with Crippen molar-refractivity contribution in [1.29, 1.82) is 0 Å². The zero-order valence-corrected chi connectivity index (χ0v) is 9.84. The summed E-state index contributed by atoms with van der Waals surface area (Å²) < 4.78 is 9.15. The number of hydrogen-bond acceptors (Lipinski definition) is 5. The van der Waals surface area contributed by atoms with E-state index in [9.17, 15) is 14.4 Å². The fraction of sp³-hybridized carbons (Fsp3) is 0.700. The number of piperidine rings is 1. The Kier molecular flexibility index (Phi) is 4.74. The van der Waals surface area contributed by atoms with Crippen molar-refractivity contribution in [2.24, 2.45) is 0 Å². The summed E-state index contributed by atoms with van der Waals surface area (Å²) in [6, 6.07) is -0.617. The maximum Gasteiger partial charge on any atom is 0.407 e. The molecule has 0 bridgehead atoms. The van der Waals surface area contributed by atoms with Gasteiger partial charge in [0.25, 0.3) is 6.47 Å². The molecular formula is C10H16N2O5. The van der Waals surface area contributed by atoms with Gasteiger partial charge in [-0.1, -0.05) is 0 Å². The number of carbonyl (C=O) groups is 3. The first kappa shape index (κ1) is 13.3. The van der Waals surface area contributed by atoms with Gasteiger partial charge in [-0.05, 0) is 19.8 Å². The van der Waals surface area contributed by atoms with E-state index in [1.807, 2.05) is 0 Å². The Morgan fingerprint density at radius 3 is 2.94 bits per heavy atom. The number of alkyl carbamates (subject to hydrolysis) is 1. The molecule has 0 aromatic rings. The molecule has 1 heterocycles. The van der Waals surface area contributed by atoms with Crippen LogP contribution in [-0.2, 0) is 19.1 Å². The highest BCUT2D eigenvalue weighted by Crippen LogP contribution is 2.15. The van der Waals surface area contributed by atoms with Crippen molar-refractivity contribution in [3.05, 3.63) is 0 Å². The van der Waals surface area contributed by atoms with Gasteiger partial charge >= 0.3 is 6.09 Å². The van der Waals surface area contributed by atoms with Crippen LogP contribution in [0.4, 0.5) is 4.79 Å². The largest absolute Gasteiger partial charge is 0.453 e. The molecule has 1 saturated heterocycles. The van der Waals surface area contributed by atoms with Gasteiger partial charge in [0.15, 0.2) is 6.23 Å². The van der Waals surface area contributed by atoms with Crippen molar-refractivity contribution in [1.82, 2.24) is 10.2 Å². The third kappa shape index (κ3) is 3.33. The van der Waals surface area contributed by atoms with Crippen LogP contribution >= 0.6 is 0 Å². The molecule has 0 saturated carbocycles. The second-order valence-electron chi connectivity index (χ2n) is 3.69. The van der Waals surface area contributed by atoms with Crippen molar-refractivity contribution in [2.75, 3.05) is 13.7 Å². The van der Waals surface area contributed by atoms with E-state index < -0.39 is 18.4 Å². The van der Waals surface area contributed by atoms with Crippen LogP contribution < -0.4 is 5.32 Å².